The molecule has 266 valence electrons. The van der Waals surface area contributed by atoms with Crippen molar-refractivity contribution in [1.82, 2.24) is 0 Å². The van der Waals surface area contributed by atoms with Gasteiger partial charge in [-0.25, -0.2) is 0 Å². The second kappa shape index (κ2) is 13.9. The standard InChI is InChI=1S/C35H60O11/c1-6-18-11-19-7-9-22-21(26(19)23(37)12-18)8-10-25(33(22,2)3)45-16-34(4)13-20(27(38)29(40)31(34)42)15-44-17-35(5)32(43)30(41)28(39)24(14-36)46-35/h9,18-21,23-32,36-43H,6-8,10-17H2,1-5H3. The minimum Gasteiger partial charge on any atom is -0.394 e. The largest absolute Gasteiger partial charge is 0.394 e. The first-order valence-corrected chi connectivity index (χ1v) is 17.5. The summed E-state index contributed by atoms with van der Waals surface area (Å²) in [4.78, 5) is 0. The van der Waals surface area contributed by atoms with Gasteiger partial charge in [-0.2, -0.15) is 0 Å². The van der Waals surface area contributed by atoms with Gasteiger partial charge in [-0.1, -0.05) is 45.8 Å². The van der Waals surface area contributed by atoms with E-state index in [-0.39, 0.29) is 37.4 Å². The molecule has 5 rings (SSSR count). The van der Waals surface area contributed by atoms with Crippen LogP contribution in [0, 0.1) is 40.4 Å². The summed E-state index contributed by atoms with van der Waals surface area (Å²) in [6.45, 7) is 9.41. The van der Waals surface area contributed by atoms with Crippen LogP contribution in [-0.4, -0.2) is 128 Å². The maximum absolute atomic E-state index is 11.2. The van der Waals surface area contributed by atoms with Crippen molar-refractivity contribution in [2.45, 2.75) is 140 Å². The van der Waals surface area contributed by atoms with E-state index in [1.54, 1.807) is 0 Å². The van der Waals surface area contributed by atoms with E-state index in [1.807, 2.05) is 6.92 Å². The van der Waals surface area contributed by atoms with Crippen LogP contribution in [-0.2, 0) is 14.2 Å². The number of ether oxygens (including phenoxy) is 3. The Balaban J connectivity index is 1.21. The van der Waals surface area contributed by atoms with Gasteiger partial charge in [0.1, 0.15) is 36.1 Å². The molecule has 46 heavy (non-hydrogen) atoms. The van der Waals surface area contributed by atoms with Crippen LogP contribution in [0.25, 0.3) is 0 Å². The first-order valence-electron chi connectivity index (χ1n) is 17.5. The maximum Gasteiger partial charge on any atom is 0.118 e. The Hall–Kier alpha value is -0.700. The predicted molar refractivity (Wildman–Crippen MR) is 168 cm³/mol. The third kappa shape index (κ3) is 6.61. The molecule has 0 bridgehead atoms. The third-order valence-electron chi connectivity index (χ3n) is 12.8. The zero-order chi connectivity index (χ0) is 33.8. The zero-order valence-corrected chi connectivity index (χ0v) is 28.2. The highest BCUT2D eigenvalue weighted by atomic mass is 16.6. The number of rotatable bonds is 9. The lowest BCUT2D eigenvalue weighted by atomic mass is 9.53. The van der Waals surface area contributed by atoms with E-state index in [9.17, 15) is 40.9 Å². The van der Waals surface area contributed by atoms with Crippen LogP contribution in [0.1, 0.15) is 79.6 Å². The number of aliphatic hydroxyl groups is 8. The van der Waals surface area contributed by atoms with E-state index in [1.165, 1.54) is 18.9 Å². The summed E-state index contributed by atoms with van der Waals surface area (Å²) in [5, 5.41) is 84.6. The van der Waals surface area contributed by atoms with Crippen LogP contribution in [0.4, 0.5) is 0 Å². The molecule has 0 aromatic carbocycles. The summed E-state index contributed by atoms with van der Waals surface area (Å²) in [5.74, 6) is 1.20. The number of aliphatic hydroxyl groups excluding tert-OH is 8. The van der Waals surface area contributed by atoms with Gasteiger partial charge in [0, 0.05) is 16.7 Å². The van der Waals surface area contributed by atoms with Crippen molar-refractivity contribution in [2.24, 2.45) is 40.4 Å². The van der Waals surface area contributed by atoms with Gasteiger partial charge in [-0.3, -0.25) is 0 Å². The molecule has 0 spiro atoms. The molecule has 0 radical (unpaired) electrons. The smallest absolute Gasteiger partial charge is 0.118 e. The number of hydrogen-bond donors (Lipinski definition) is 8. The molecule has 16 unspecified atom stereocenters. The van der Waals surface area contributed by atoms with E-state index in [2.05, 4.69) is 26.8 Å². The minimum atomic E-state index is -1.54. The topological polar surface area (TPSA) is 190 Å². The molecule has 0 amide bonds. The maximum atomic E-state index is 11.2. The Kier molecular flexibility index (Phi) is 11.1. The molecule has 4 fully saturated rings. The molecular weight excluding hydrogens is 596 g/mol. The highest BCUT2D eigenvalue weighted by Gasteiger charge is 2.54. The molecule has 16 atom stereocenters. The van der Waals surface area contributed by atoms with Crippen LogP contribution < -0.4 is 0 Å². The molecule has 0 aromatic heterocycles. The first-order chi connectivity index (χ1) is 21.6. The Morgan fingerprint density at radius 2 is 1.57 bits per heavy atom. The molecule has 8 N–H and O–H groups in total. The van der Waals surface area contributed by atoms with Crippen LogP contribution in [0.3, 0.4) is 0 Å². The van der Waals surface area contributed by atoms with Gasteiger partial charge in [0.15, 0.2) is 0 Å². The number of fused-ring (bicyclic) bond motifs is 3. The van der Waals surface area contributed by atoms with Crippen molar-refractivity contribution in [3.8, 4) is 0 Å². The lowest BCUT2D eigenvalue weighted by molar-refractivity contribution is -0.282. The molecule has 1 heterocycles. The van der Waals surface area contributed by atoms with E-state index < -0.39 is 66.3 Å². The van der Waals surface area contributed by atoms with Crippen molar-refractivity contribution >= 4 is 0 Å². The average Bonchev–Trinajstić information content (AvgIpc) is 3.02. The van der Waals surface area contributed by atoms with E-state index in [0.717, 1.165) is 32.1 Å². The summed E-state index contributed by atoms with van der Waals surface area (Å²) < 4.78 is 18.2. The summed E-state index contributed by atoms with van der Waals surface area (Å²) in [6.07, 6.45) is -1.17. The van der Waals surface area contributed by atoms with Gasteiger partial charge in [0.05, 0.1) is 50.8 Å². The van der Waals surface area contributed by atoms with Crippen LogP contribution >= 0.6 is 0 Å². The fourth-order valence-electron chi connectivity index (χ4n) is 9.81. The van der Waals surface area contributed by atoms with Crippen molar-refractivity contribution in [3.63, 3.8) is 0 Å². The van der Waals surface area contributed by atoms with Crippen molar-refractivity contribution < 1.29 is 55.1 Å². The third-order valence-corrected chi connectivity index (χ3v) is 12.8. The second-order valence-electron chi connectivity index (χ2n) is 16.4. The Labute approximate surface area is 273 Å². The second-order valence-corrected chi connectivity index (χ2v) is 16.4. The fourth-order valence-corrected chi connectivity index (χ4v) is 9.81. The molecule has 1 saturated heterocycles. The molecule has 11 nitrogen and oxygen atoms in total. The lowest BCUT2D eigenvalue weighted by Gasteiger charge is -2.54. The lowest BCUT2D eigenvalue weighted by Crippen LogP contribution is -2.65. The van der Waals surface area contributed by atoms with Crippen LogP contribution in [0.15, 0.2) is 11.6 Å². The first kappa shape index (κ1) is 36.6. The van der Waals surface area contributed by atoms with Crippen molar-refractivity contribution in [3.05, 3.63) is 11.6 Å². The molecule has 4 aliphatic carbocycles. The van der Waals surface area contributed by atoms with Gasteiger partial charge in [0.2, 0.25) is 0 Å². The number of hydrogen-bond acceptors (Lipinski definition) is 11. The summed E-state index contributed by atoms with van der Waals surface area (Å²) >= 11 is 0. The Bertz CT molecular complexity index is 1070. The minimum absolute atomic E-state index is 0.0259. The van der Waals surface area contributed by atoms with E-state index in [0.29, 0.717) is 30.1 Å². The Morgan fingerprint density at radius 3 is 2.24 bits per heavy atom. The highest BCUT2D eigenvalue weighted by Crippen LogP contribution is 2.56. The van der Waals surface area contributed by atoms with Gasteiger partial charge in [-0.05, 0) is 69.1 Å². The molecule has 11 heteroatoms. The van der Waals surface area contributed by atoms with E-state index in [4.69, 9.17) is 14.2 Å². The quantitative estimate of drug-likeness (QED) is 0.165. The zero-order valence-electron chi connectivity index (χ0n) is 28.2. The molecular formula is C35H60O11. The monoisotopic (exact) mass is 656 g/mol. The Morgan fingerprint density at radius 1 is 0.870 bits per heavy atom. The van der Waals surface area contributed by atoms with Gasteiger partial charge < -0.3 is 55.1 Å². The molecule has 1 aliphatic heterocycles. The van der Waals surface area contributed by atoms with Gasteiger partial charge >= 0.3 is 0 Å². The van der Waals surface area contributed by atoms with Gasteiger partial charge in [0.25, 0.3) is 0 Å². The SMILES string of the molecule is CCC1CC(O)C2C(CC=C3C2CCC(OCC2(C)CC(COCC4(C)OC(CO)C(O)C(O)C4O)C(O)C(O)C2O)C3(C)C)C1. The van der Waals surface area contributed by atoms with Crippen LogP contribution in [0.5, 0.6) is 0 Å². The molecule has 0 aromatic rings. The number of allylic oxidation sites excluding steroid dienone is 1. The molecule has 5 aliphatic rings. The summed E-state index contributed by atoms with van der Waals surface area (Å²) in [5.41, 5.74) is -1.20. The average molecular weight is 657 g/mol. The normalized spacial score (nSPS) is 50.8. The van der Waals surface area contributed by atoms with Crippen molar-refractivity contribution in [1.29, 1.82) is 0 Å². The molecule has 3 saturated carbocycles. The summed E-state index contributed by atoms with van der Waals surface area (Å²) in [6, 6.07) is 0. The fraction of sp³-hybridized carbons (Fsp3) is 0.943. The summed E-state index contributed by atoms with van der Waals surface area (Å²) in [7, 11) is 0. The van der Waals surface area contributed by atoms with Crippen molar-refractivity contribution in [2.75, 3.05) is 26.4 Å². The van der Waals surface area contributed by atoms with E-state index >= 15 is 0 Å². The van der Waals surface area contributed by atoms with Gasteiger partial charge in [-0.15, -0.1) is 0 Å². The highest BCUT2D eigenvalue weighted by molar-refractivity contribution is 5.26. The predicted octanol–water partition coefficient (Wildman–Crippen LogP) is 0.909. The van der Waals surface area contributed by atoms with Crippen LogP contribution in [0.2, 0.25) is 0 Å².